The highest BCUT2D eigenvalue weighted by Crippen LogP contribution is 2.24. The van der Waals surface area contributed by atoms with E-state index in [0.29, 0.717) is 17.6 Å². The van der Waals surface area contributed by atoms with Gasteiger partial charge in [0.2, 0.25) is 0 Å². The predicted octanol–water partition coefficient (Wildman–Crippen LogP) is 4.46. The molecule has 1 aliphatic heterocycles. The summed E-state index contributed by atoms with van der Waals surface area (Å²) in [6, 6.07) is 15.9. The Bertz CT molecular complexity index is 1160. The van der Waals surface area contributed by atoms with Crippen LogP contribution < -0.4 is 10.8 Å². The van der Waals surface area contributed by atoms with Crippen molar-refractivity contribution < 1.29 is 0 Å². The standard InChI is InChI=1S/C26H36N6/c1-18(2)30-13-11-22(12-14-30)29-23-16-24-25(32(26(23)27)20(4)28-5)15-19(3)31(24)17-21-9-7-6-8-10-21/h6-10,15-16,18,22,27,29H,11-14,17H2,1-5H3. The molecule has 6 heteroatoms. The van der Waals surface area contributed by atoms with Crippen LogP contribution in [0.15, 0.2) is 47.5 Å². The van der Waals surface area contributed by atoms with Gasteiger partial charge in [-0.3, -0.25) is 15.0 Å². The first-order valence-electron chi connectivity index (χ1n) is 11.7. The van der Waals surface area contributed by atoms with E-state index in [0.717, 1.165) is 55.0 Å². The molecule has 1 saturated heterocycles. The summed E-state index contributed by atoms with van der Waals surface area (Å²) in [4.78, 5) is 6.96. The summed E-state index contributed by atoms with van der Waals surface area (Å²) in [5, 5.41) is 12.7. The van der Waals surface area contributed by atoms with E-state index in [4.69, 9.17) is 5.41 Å². The molecule has 0 saturated carbocycles. The topological polar surface area (TPSA) is 61.3 Å². The number of aromatic nitrogens is 2. The molecular formula is C26H36N6. The molecule has 3 aromatic rings. The van der Waals surface area contributed by atoms with Crippen molar-refractivity contribution in [2.45, 2.75) is 59.2 Å². The van der Waals surface area contributed by atoms with Gasteiger partial charge in [0, 0.05) is 44.5 Å². The Morgan fingerprint density at radius 2 is 1.81 bits per heavy atom. The number of aryl methyl sites for hydroxylation is 1. The van der Waals surface area contributed by atoms with E-state index in [-0.39, 0.29) is 0 Å². The van der Waals surface area contributed by atoms with Crippen LogP contribution in [0, 0.1) is 12.3 Å². The summed E-state index contributed by atoms with van der Waals surface area (Å²) in [5.41, 5.74) is 5.98. The third-order valence-electron chi connectivity index (χ3n) is 6.78. The zero-order valence-corrected chi connectivity index (χ0v) is 20.0. The largest absolute Gasteiger partial charge is 0.379 e. The maximum Gasteiger partial charge on any atom is 0.154 e. The zero-order chi connectivity index (χ0) is 22.8. The fourth-order valence-corrected chi connectivity index (χ4v) is 4.76. The number of likely N-dealkylation sites (tertiary alicyclic amines) is 1. The van der Waals surface area contributed by atoms with Crippen molar-refractivity contribution in [3.63, 3.8) is 0 Å². The minimum atomic E-state index is 0.387. The molecule has 0 bridgehead atoms. The summed E-state index contributed by atoms with van der Waals surface area (Å²) in [5.74, 6) is 0.829. The molecule has 170 valence electrons. The second kappa shape index (κ2) is 9.33. The molecule has 0 radical (unpaired) electrons. The van der Waals surface area contributed by atoms with Crippen LogP contribution in [0.5, 0.6) is 0 Å². The molecule has 6 nitrogen and oxygen atoms in total. The maximum absolute atomic E-state index is 8.99. The van der Waals surface area contributed by atoms with E-state index >= 15 is 0 Å². The van der Waals surface area contributed by atoms with Crippen molar-refractivity contribution in [3.05, 3.63) is 59.2 Å². The van der Waals surface area contributed by atoms with Crippen molar-refractivity contribution in [2.24, 2.45) is 4.99 Å². The number of anilines is 1. The third kappa shape index (κ3) is 4.37. The second-order valence-electron chi connectivity index (χ2n) is 9.19. The van der Waals surface area contributed by atoms with Gasteiger partial charge in [-0.1, -0.05) is 30.3 Å². The Morgan fingerprint density at radius 3 is 2.44 bits per heavy atom. The van der Waals surface area contributed by atoms with Gasteiger partial charge in [0.1, 0.15) is 5.84 Å². The number of pyridine rings is 1. The first kappa shape index (κ1) is 22.3. The molecule has 0 spiro atoms. The van der Waals surface area contributed by atoms with Crippen molar-refractivity contribution in [1.82, 2.24) is 14.0 Å². The van der Waals surface area contributed by atoms with Crippen LogP contribution in [0.3, 0.4) is 0 Å². The minimum Gasteiger partial charge on any atom is -0.379 e. The SMILES string of the molecule is CN=C(C)n1c(=N)c(NC2CCN(C(C)C)CC2)cc2c1cc(C)n2Cc1ccccc1. The van der Waals surface area contributed by atoms with Crippen LogP contribution in [0.4, 0.5) is 5.69 Å². The maximum atomic E-state index is 8.99. The average Bonchev–Trinajstić information content (AvgIpc) is 3.09. The van der Waals surface area contributed by atoms with Crippen molar-refractivity contribution in [2.75, 3.05) is 25.5 Å². The summed E-state index contributed by atoms with van der Waals surface area (Å²) >= 11 is 0. The van der Waals surface area contributed by atoms with Gasteiger partial charge in [-0.05, 0) is 58.2 Å². The van der Waals surface area contributed by atoms with Crippen LogP contribution in [-0.4, -0.2) is 52.1 Å². The van der Waals surface area contributed by atoms with Gasteiger partial charge in [-0.15, -0.1) is 0 Å². The van der Waals surface area contributed by atoms with Crippen molar-refractivity contribution in [3.8, 4) is 0 Å². The Kier molecular flexibility index (Phi) is 6.51. The van der Waals surface area contributed by atoms with Gasteiger partial charge < -0.3 is 14.8 Å². The van der Waals surface area contributed by atoms with Gasteiger partial charge in [-0.25, -0.2) is 0 Å². The average molecular weight is 433 g/mol. The van der Waals surface area contributed by atoms with Crippen LogP contribution in [0.2, 0.25) is 0 Å². The summed E-state index contributed by atoms with van der Waals surface area (Å²) in [6.45, 7) is 11.7. The lowest BCUT2D eigenvalue weighted by Gasteiger charge is -2.35. The number of hydrogen-bond acceptors (Lipinski definition) is 4. The lowest BCUT2D eigenvalue weighted by molar-refractivity contribution is 0.177. The first-order valence-corrected chi connectivity index (χ1v) is 11.7. The smallest absolute Gasteiger partial charge is 0.154 e. The van der Waals surface area contributed by atoms with Crippen molar-refractivity contribution >= 4 is 22.6 Å². The number of hydrogen-bond donors (Lipinski definition) is 2. The Balaban J connectivity index is 1.75. The molecule has 32 heavy (non-hydrogen) atoms. The number of rotatable bonds is 5. The predicted molar refractivity (Wildman–Crippen MR) is 134 cm³/mol. The van der Waals surface area contributed by atoms with E-state index in [1.54, 1.807) is 7.05 Å². The molecule has 2 N–H and O–H groups in total. The van der Waals surface area contributed by atoms with Gasteiger partial charge in [0.05, 0.1) is 16.7 Å². The Labute approximate surface area is 191 Å². The summed E-state index contributed by atoms with van der Waals surface area (Å²) < 4.78 is 4.32. The third-order valence-corrected chi connectivity index (χ3v) is 6.78. The molecular weight excluding hydrogens is 396 g/mol. The number of nitrogens with zero attached hydrogens (tertiary/aromatic N) is 4. The molecule has 3 heterocycles. The van der Waals surface area contributed by atoms with Gasteiger partial charge in [0.25, 0.3) is 0 Å². The minimum absolute atomic E-state index is 0.387. The quantitative estimate of drug-likeness (QED) is 0.462. The van der Waals surface area contributed by atoms with Crippen LogP contribution >= 0.6 is 0 Å². The monoisotopic (exact) mass is 432 g/mol. The fraction of sp³-hybridized carbons (Fsp3) is 0.462. The lowest BCUT2D eigenvalue weighted by Crippen LogP contribution is -2.43. The Hall–Kier alpha value is -2.86. The summed E-state index contributed by atoms with van der Waals surface area (Å²) in [7, 11) is 1.79. The highest BCUT2D eigenvalue weighted by atomic mass is 15.2. The second-order valence-corrected chi connectivity index (χ2v) is 9.19. The van der Waals surface area contributed by atoms with Crippen LogP contribution in [-0.2, 0) is 6.54 Å². The van der Waals surface area contributed by atoms with Crippen molar-refractivity contribution in [1.29, 1.82) is 5.41 Å². The lowest BCUT2D eigenvalue weighted by atomic mass is 10.0. The molecule has 1 fully saturated rings. The first-order chi connectivity index (χ1) is 15.4. The van der Waals surface area contributed by atoms with E-state index in [2.05, 4.69) is 83.0 Å². The van der Waals surface area contributed by atoms with Crippen LogP contribution in [0.25, 0.3) is 11.0 Å². The summed E-state index contributed by atoms with van der Waals surface area (Å²) in [6.07, 6.45) is 2.20. The van der Waals surface area contributed by atoms with E-state index in [1.807, 2.05) is 11.5 Å². The number of piperidine rings is 1. The molecule has 1 aromatic carbocycles. The van der Waals surface area contributed by atoms with E-state index < -0.39 is 0 Å². The number of nitrogens with one attached hydrogen (secondary N) is 2. The number of benzene rings is 1. The Morgan fingerprint density at radius 1 is 1.12 bits per heavy atom. The number of fused-ring (bicyclic) bond motifs is 1. The van der Waals surface area contributed by atoms with Gasteiger partial charge in [-0.2, -0.15) is 0 Å². The molecule has 2 aromatic heterocycles. The fourth-order valence-electron chi connectivity index (χ4n) is 4.76. The molecule has 0 amide bonds. The van der Waals surface area contributed by atoms with Crippen LogP contribution in [0.1, 0.15) is 44.9 Å². The normalized spacial score (nSPS) is 16.2. The molecule has 0 aliphatic carbocycles. The van der Waals surface area contributed by atoms with E-state index in [9.17, 15) is 0 Å². The molecule has 4 rings (SSSR count). The zero-order valence-electron chi connectivity index (χ0n) is 20.0. The molecule has 0 atom stereocenters. The number of aliphatic imine (C=N–C) groups is 1. The van der Waals surface area contributed by atoms with E-state index in [1.165, 1.54) is 11.3 Å². The van der Waals surface area contributed by atoms with Gasteiger partial charge >= 0.3 is 0 Å². The molecule has 0 unspecified atom stereocenters. The van der Waals surface area contributed by atoms with Gasteiger partial charge in [0.15, 0.2) is 5.49 Å². The highest BCUT2D eigenvalue weighted by Gasteiger charge is 2.22. The molecule has 1 aliphatic rings. The highest BCUT2D eigenvalue weighted by molar-refractivity contribution is 5.94.